The summed E-state index contributed by atoms with van der Waals surface area (Å²) in [5.41, 5.74) is 1.49. The highest BCUT2D eigenvalue weighted by atomic mass is 16.2. The first-order chi connectivity index (χ1) is 11.6. The molecule has 24 heavy (non-hydrogen) atoms. The van der Waals surface area contributed by atoms with Crippen LogP contribution in [0.1, 0.15) is 0 Å². The van der Waals surface area contributed by atoms with Gasteiger partial charge in [0.15, 0.2) is 0 Å². The van der Waals surface area contributed by atoms with Crippen LogP contribution in [0.3, 0.4) is 0 Å². The second-order valence-corrected chi connectivity index (χ2v) is 5.49. The Morgan fingerprint density at radius 3 is 2.50 bits per heavy atom. The van der Waals surface area contributed by atoms with E-state index in [1.807, 2.05) is 30.5 Å². The predicted molar refractivity (Wildman–Crippen MR) is 88.7 cm³/mol. The molecule has 0 aliphatic heterocycles. The Balaban J connectivity index is 1.90. The minimum absolute atomic E-state index is 0.369. The lowest BCUT2D eigenvalue weighted by Crippen LogP contribution is -2.25. The minimum atomic E-state index is -0.387. The Labute approximate surface area is 135 Å². The molecule has 0 radical (unpaired) electrons. The molecule has 3 aromatic heterocycles. The maximum Gasteiger partial charge on any atom is 0.351 e. The molecule has 4 rings (SSSR count). The fourth-order valence-electron chi connectivity index (χ4n) is 2.70. The van der Waals surface area contributed by atoms with Crippen molar-refractivity contribution in [2.45, 2.75) is 0 Å². The number of nitrogens with zero attached hydrogens (tertiary/aromatic N) is 6. The van der Waals surface area contributed by atoms with Crippen LogP contribution in [0.25, 0.3) is 22.3 Å². The lowest BCUT2D eigenvalue weighted by molar-refractivity contribution is 0.628. The Morgan fingerprint density at radius 2 is 1.83 bits per heavy atom. The maximum absolute atomic E-state index is 12.2. The van der Waals surface area contributed by atoms with E-state index in [2.05, 4.69) is 10.1 Å². The molecule has 0 fully saturated rings. The zero-order valence-electron chi connectivity index (χ0n) is 13.1. The van der Waals surface area contributed by atoms with Gasteiger partial charge in [0.2, 0.25) is 0 Å². The fraction of sp³-hybridized carbons (Fsp3) is 0.125. The van der Waals surface area contributed by atoms with Crippen LogP contribution in [0.2, 0.25) is 0 Å². The van der Waals surface area contributed by atoms with Gasteiger partial charge >= 0.3 is 11.4 Å². The molecular weight excluding hydrogens is 308 g/mol. The molecule has 8 heteroatoms. The first kappa shape index (κ1) is 14.2. The normalized spacial score (nSPS) is 11.2. The number of pyridine rings is 1. The van der Waals surface area contributed by atoms with Crippen molar-refractivity contribution in [1.29, 1.82) is 0 Å². The van der Waals surface area contributed by atoms with Gasteiger partial charge in [-0.25, -0.2) is 23.5 Å². The monoisotopic (exact) mass is 322 g/mol. The van der Waals surface area contributed by atoms with Crippen molar-refractivity contribution >= 4 is 10.9 Å². The van der Waals surface area contributed by atoms with Gasteiger partial charge in [-0.15, -0.1) is 0 Å². The quantitative estimate of drug-likeness (QED) is 0.541. The van der Waals surface area contributed by atoms with Crippen LogP contribution >= 0.6 is 0 Å². The van der Waals surface area contributed by atoms with Crippen LogP contribution in [0.5, 0.6) is 0 Å². The third kappa shape index (κ3) is 2.00. The summed E-state index contributed by atoms with van der Waals surface area (Å²) < 4.78 is 5.43. The summed E-state index contributed by atoms with van der Waals surface area (Å²) >= 11 is 0. The first-order valence-electron chi connectivity index (χ1n) is 7.31. The molecular formula is C16H14N6O2. The van der Waals surface area contributed by atoms with Gasteiger partial charge < -0.3 is 0 Å². The Bertz CT molecular complexity index is 1160. The molecule has 0 saturated heterocycles. The number of benzene rings is 1. The number of hydrogen-bond donors (Lipinski definition) is 0. The van der Waals surface area contributed by atoms with Crippen molar-refractivity contribution in [2.24, 2.45) is 14.1 Å². The Hall–Kier alpha value is -3.42. The molecule has 0 N–H and O–H groups in total. The van der Waals surface area contributed by atoms with Gasteiger partial charge in [0.1, 0.15) is 0 Å². The Morgan fingerprint density at radius 1 is 1.00 bits per heavy atom. The predicted octanol–water partition coefficient (Wildman–Crippen LogP) is 0.609. The summed E-state index contributed by atoms with van der Waals surface area (Å²) in [4.78, 5) is 28.3. The van der Waals surface area contributed by atoms with Gasteiger partial charge in [0, 0.05) is 31.9 Å². The van der Waals surface area contributed by atoms with Crippen LogP contribution in [-0.2, 0) is 14.1 Å². The topological polar surface area (TPSA) is 79.6 Å². The van der Waals surface area contributed by atoms with Crippen molar-refractivity contribution in [1.82, 2.24) is 28.7 Å². The number of hydrogen-bond acceptors (Lipinski definition) is 4. The smallest absolute Gasteiger partial charge is 0.262 e. The highest BCUT2D eigenvalue weighted by molar-refractivity contribution is 5.80. The largest absolute Gasteiger partial charge is 0.351 e. The van der Waals surface area contributed by atoms with E-state index >= 15 is 0 Å². The van der Waals surface area contributed by atoms with Crippen molar-refractivity contribution in [3.63, 3.8) is 0 Å². The highest BCUT2D eigenvalue weighted by Gasteiger charge is 2.13. The summed E-state index contributed by atoms with van der Waals surface area (Å²) in [6.45, 7) is 0. The van der Waals surface area contributed by atoms with Gasteiger partial charge in [-0.1, -0.05) is 0 Å². The van der Waals surface area contributed by atoms with E-state index < -0.39 is 0 Å². The first-order valence-corrected chi connectivity index (χ1v) is 7.31. The lowest BCUT2D eigenvalue weighted by atomic mass is 10.2. The van der Waals surface area contributed by atoms with E-state index in [4.69, 9.17) is 0 Å². The van der Waals surface area contributed by atoms with E-state index in [0.717, 1.165) is 21.2 Å². The van der Waals surface area contributed by atoms with Crippen molar-refractivity contribution in [3.05, 3.63) is 69.9 Å². The summed E-state index contributed by atoms with van der Waals surface area (Å²) in [6.07, 6.45) is 5.28. The maximum atomic E-state index is 12.2. The van der Waals surface area contributed by atoms with E-state index in [9.17, 15) is 9.59 Å². The van der Waals surface area contributed by atoms with Gasteiger partial charge in [0.05, 0.1) is 23.1 Å². The SMILES string of the molecule is Cn1c(=O)n(C)n(-c2ccc3nn(-c4cccnc4)cc3c2)c1=O. The summed E-state index contributed by atoms with van der Waals surface area (Å²) in [5.74, 6) is 0. The highest BCUT2D eigenvalue weighted by Crippen LogP contribution is 2.18. The van der Waals surface area contributed by atoms with Gasteiger partial charge in [-0.3, -0.25) is 4.98 Å². The third-order valence-electron chi connectivity index (χ3n) is 3.97. The van der Waals surface area contributed by atoms with E-state index in [-0.39, 0.29) is 11.4 Å². The lowest BCUT2D eigenvalue weighted by Gasteiger charge is -2.04. The molecule has 0 unspecified atom stereocenters. The van der Waals surface area contributed by atoms with Crippen LogP contribution in [0, 0.1) is 0 Å². The second-order valence-electron chi connectivity index (χ2n) is 5.49. The van der Waals surface area contributed by atoms with E-state index in [1.165, 1.54) is 16.4 Å². The molecule has 0 amide bonds. The van der Waals surface area contributed by atoms with Gasteiger partial charge in [-0.2, -0.15) is 9.78 Å². The molecule has 120 valence electrons. The van der Waals surface area contributed by atoms with Crippen LogP contribution in [0.4, 0.5) is 0 Å². The van der Waals surface area contributed by atoms with Crippen LogP contribution < -0.4 is 11.4 Å². The fourth-order valence-corrected chi connectivity index (χ4v) is 2.70. The van der Waals surface area contributed by atoms with Gasteiger partial charge in [-0.05, 0) is 30.3 Å². The van der Waals surface area contributed by atoms with E-state index in [0.29, 0.717) is 5.69 Å². The molecule has 3 heterocycles. The number of fused-ring (bicyclic) bond motifs is 1. The molecule has 0 bridgehead atoms. The number of rotatable bonds is 2. The van der Waals surface area contributed by atoms with E-state index in [1.54, 1.807) is 30.2 Å². The molecule has 0 aliphatic rings. The van der Waals surface area contributed by atoms with Crippen LogP contribution in [-0.4, -0.2) is 28.7 Å². The molecule has 8 nitrogen and oxygen atoms in total. The van der Waals surface area contributed by atoms with Gasteiger partial charge in [0.25, 0.3) is 0 Å². The van der Waals surface area contributed by atoms with Crippen molar-refractivity contribution in [3.8, 4) is 11.4 Å². The molecule has 0 spiro atoms. The third-order valence-corrected chi connectivity index (χ3v) is 3.97. The number of aromatic nitrogens is 6. The molecule has 0 saturated carbocycles. The molecule has 0 atom stereocenters. The second kappa shape index (κ2) is 5.05. The average Bonchev–Trinajstić information content (AvgIpc) is 3.11. The zero-order chi connectivity index (χ0) is 16.8. The average molecular weight is 322 g/mol. The van der Waals surface area contributed by atoms with Crippen molar-refractivity contribution in [2.75, 3.05) is 0 Å². The summed E-state index contributed by atoms with van der Waals surface area (Å²) in [7, 11) is 3.02. The standard InChI is InChI=1S/C16H14N6O2/c1-19-15(23)20(2)22(16(19)24)12-5-6-14-11(8-12)10-21(18-14)13-4-3-7-17-9-13/h3-10H,1-2H3. The van der Waals surface area contributed by atoms with Crippen LogP contribution in [0.15, 0.2) is 58.5 Å². The molecule has 1 aromatic carbocycles. The van der Waals surface area contributed by atoms with Crippen molar-refractivity contribution < 1.29 is 0 Å². The zero-order valence-corrected chi connectivity index (χ0v) is 13.1. The molecule has 4 aromatic rings. The summed E-state index contributed by atoms with van der Waals surface area (Å²) in [6, 6.07) is 9.17. The molecule has 0 aliphatic carbocycles. The minimum Gasteiger partial charge on any atom is -0.262 e. The summed E-state index contributed by atoms with van der Waals surface area (Å²) in [5, 5.41) is 5.36. The Kier molecular flexibility index (Phi) is 2.99.